The van der Waals surface area contributed by atoms with Crippen LogP contribution >= 0.6 is 0 Å². The van der Waals surface area contributed by atoms with Crippen LogP contribution in [0.1, 0.15) is 85.5 Å². The number of rotatable bonds is 8. The highest BCUT2D eigenvalue weighted by molar-refractivity contribution is 4.93. The van der Waals surface area contributed by atoms with E-state index in [1.807, 2.05) is 0 Å². The maximum Gasteiger partial charge on any atom is 0.0157 e. The zero-order valence-corrected chi connectivity index (χ0v) is 13.2. The third-order valence-corrected chi connectivity index (χ3v) is 5.42. The van der Waals surface area contributed by atoms with Gasteiger partial charge in [-0.15, -0.1) is 0 Å². The Morgan fingerprint density at radius 1 is 1.22 bits per heavy atom. The van der Waals surface area contributed by atoms with Gasteiger partial charge in [0.25, 0.3) is 0 Å². The van der Waals surface area contributed by atoms with Crippen molar-refractivity contribution in [3.8, 4) is 0 Å². The monoisotopic (exact) mass is 253 g/mol. The third-order valence-electron chi connectivity index (χ3n) is 5.42. The molecular formula is C17H35N. The molecule has 0 amide bonds. The van der Waals surface area contributed by atoms with E-state index in [1.54, 1.807) is 0 Å². The second-order valence-corrected chi connectivity index (χ2v) is 7.01. The number of unbranched alkanes of at least 4 members (excludes halogenated alkanes) is 1. The highest BCUT2D eigenvalue weighted by Gasteiger charge is 2.35. The van der Waals surface area contributed by atoms with Gasteiger partial charge in [-0.05, 0) is 49.9 Å². The van der Waals surface area contributed by atoms with Crippen LogP contribution in [0.2, 0.25) is 0 Å². The van der Waals surface area contributed by atoms with Crippen molar-refractivity contribution in [2.24, 2.45) is 23.5 Å². The first-order valence-electron chi connectivity index (χ1n) is 8.29. The minimum absolute atomic E-state index is 0.181. The Morgan fingerprint density at radius 2 is 1.94 bits per heavy atom. The molecular weight excluding hydrogens is 218 g/mol. The van der Waals surface area contributed by atoms with Crippen LogP contribution in [-0.2, 0) is 0 Å². The van der Waals surface area contributed by atoms with Gasteiger partial charge in [0.2, 0.25) is 0 Å². The van der Waals surface area contributed by atoms with Crippen molar-refractivity contribution in [1.82, 2.24) is 0 Å². The lowest BCUT2D eigenvalue weighted by atomic mass is 9.83. The summed E-state index contributed by atoms with van der Waals surface area (Å²) in [5, 5.41) is 0. The summed E-state index contributed by atoms with van der Waals surface area (Å²) in [4.78, 5) is 0. The van der Waals surface area contributed by atoms with Crippen LogP contribution in [0.4, 0.5) is 0 Å². The highest BCUT2D eigenvalue weighted by atomic mass is 14.8. The van der Waals surface area contributed by atoms with Gasteiger partial charge < -0.3 is 5.73 Å². The summed E-state index contributed by atoms with van der Waals surface area (Å²) < 4.78 is 0. The first-order valence-corrected chi connectivity index (χ1v) is 8.29. The molecule has 1 saturated carbocycles. The van der Waals surface area contributed by atoms with Crippen molar-refractivity contribution in [2.45, 2.75) is 91.0 Å². The molecule has 18 heavy (non-hydrogen) atoms. The molecule has 1 fully saturated rings. The summed E-state index contributed by atoms with van der Waals surface area (Å²) in [6.07, 6.45) is 12.0. The van der Waals surface area contributed by atoms with Crippen LogP contribution < -0.4 is 5.73 Å². The predicted octanol–water partition coefficient (Wildman–Crippen LogP) is 5.14. The number of hydrogen-bond acceptors (Lipinski definition) is 1. The SMILES string of the molecule is CCCCC1CCC(N)(CCC(C)C(C)CC)C1. The standard InChI is InChI=1S/C17H35N/c1-5-7-8-16-10-12-17(18,13-16)11-9-15(4)14(3)6-2/h14-16H,5-13,18H2,1-4H3. The van der Waals surface area contributed by atoms with E-state index in [9.17, 15) is 0 Å². The van der Waals surface area contributed by atoms with E-state index in [2.05, 4.69) is 27.7 Å². The van der Waals surface area contributed by atoms with Crippen LogP contribution in [-0.4, -0.2) is 5.54 Å². The smallest absolute Gasteiger partial charge is 0.0157 e. The van der Waals surface area contributed by atoms with E-state index in [-0.39, 0.29) is 5.54 Å². The van der Waals surface area contributed by atoms with Gasteiger partial charge in [-0.1, -0.05) is 53.4 Å². The number of nitrogens with two attached hydrogens (primary N) is 1. The first kappa shape index (κ1) is 16.0. The maximum atomic E-state index is 6.61. The molecule has 0 radical (unpaired) electrons. The Hall–Kier alpha value is -0.0400. The van der Waals surface area contributed by atoms with Crippen LogP contribution in [0.5, 0.6) is 0 Å². The molecule has 0 aromatic rings. The van der Waals surface area contributed by atoms with E-state index in [0.29, 0.717) is 0 Å². The molecule has 1 rings (SSSR count). The Balaban J connectivity index is 2.29. The maximum absolute atomic E-state index is 6.61. The Labute approximate surface area is 115 Å². The van der Waals surface area contributed by atoms with E-state index in [4.69, 9.17) is 5.73 Å². The third kappa shape index (κ3) is 4.91. The van der Waals surface area contributed by atoms with Gasteiger partial charge in [-0.3, -0.25) is 0 Å². The minimum atomic E-state index is 0.181. The van der Waals surface area contributed by atoms with Gasteiger partial charge in [-0.2, -0.15) is 0 Å². The molecule has 0 saturated heterocycles. The van der Waals surface area contributed by atoms with Gasteiger partial charge in [-0.25, -0.2) is 0 Å². The van der Waals surface area contributed by atoms with Crippen molar-refractivity contribution >= 4 is 0 Å². The lowest BCUT2D eigenvalue weighted by Crippen LogP contribution is -2.37. The molecule has 0 bridgehead atoms. The van der Waals surface area contributed by atoms with Gasteiger partial charge in [0.15, 0.2) is 0 Å². The predicted molar refractivity (Wildman–Crippen MR) is 81.6 cm³/mol. The quantitative estimate of drug-likeness (QED) is 0.637. The molecule has 1 aliphatic rings. The summed E-state index contributed by atoms with van der Waals surface area (Å²) >= 11 is 0. The van der Waals surface area contributed by atoms with Crippen molar-refractivity contribution in [1.29, 1.82) is 0 Å². The fourth-order valence-corrected chi connectivity index (χ4v) is 3.44. The van der Waals surface area contributed by atoms with E-state index < -0.39 is 0 Å². The number of hydrogen-bond donors (Lipinski definition) is 1. The molecule has 1 nitrogen and oxygen atoms in total. The average molecular weight is 253 g/mol. The zero-order chi connectivity index (χ0) is 13.6. The first-order chi connectivity index (χ1) is 8.50. The van der Waals surface area contributed by atoms with Crippen molar-refractivity contribution in [2.75, 3.05) is 0 Å². The fourth-order valence-electron chi connectivity index (χ4n) is 3.44. The summed E-state index contributed by atoms with van der Waals surface area (Å²) in [6.45, 7) is 9.38. The van der Waals surface area contributed by atoms with E-state index in [0.717, 1.165) is 17.8 Å². The Bertz CT molecular complexity index is 226. The summed E-state index contributed by atoms with van der Waals surface area (Å²) in [5.74, 6) is 2.62. The molecule has 1 aliphatic carbocycles. The molecule has 0 heterocycles. The highest BCUT2D eigenvalue weighted by Crippen LogP contribution is 2.39. The fraction of sp³-hybridized carbons (Fsp3) is 1.00. The van der Waals surface area contributed by atoms with Crippen molar-refractivity contribution < 1.29 is 0 Å². The average Bonchev–Trinajstić information content (AvgIpc) is 2.75. The molecule has 0 aromatic carbocycles. The van der Waals surface area contributed by atoms with Gasteiger partial charge in [0.1, 0.15) is 0 Å². The lowest BCUT2D eigenvalue weighted by Gasteiger charge is -2.28. The molecule has 4 atom stereocenters. The van der Waals surface area contributed by atoms with Crippen LogP contribution in [0.15, 0.2) is 0 Å². The van der Waals surface area contributed by atoms with Crippen LogP contribution in [0.3, 0.4) is 0 Å². The Kier molecular flexibility index (Phi) is 6.70. The molecule has 0 aromatic heterocycles. The second kappa shape index (κ2) is 7.53. The van der Waals surface area contributed by atoms with Crippen LogP contribution in [0, 0.1) is 17.8 Å². The molecule has 2 N–H and O–H groups in total. The van der Waals surface area contributed by atoms with E-state index in [1.165, 1.54) is 57.8 Å². The lowest BCUT2D eigenvalue weighted by molar-refractivity contribution is 0.289. The van der Waals surface area contributed by atoms with Crippen LogP contribution in [0.25, 0.3) is 0 Å². The molecule has 1 heteroatoms. The topological polar surface area (TPSA) is 26.0 Å². The van der Waals surface area contributed by atoms with Gasteiger partial charge in [0.05, 0.1) is 0 Å². The van der Waals surface area contributed by atoms with Gasteiger partial charge in [0, 0.05) is 5.54 Å². The Morgan fingerprint density at radius 3 is 2.56 bits per heavy atom. The second-order valence-electron chi connectivity index (χ2n) is 7.01. The van der Waals surface area contributed by atoms with Gasteiger partial charge >= 0.3 is 0 Å². The summed E-state index contributed by atoms with van der Waals surface area (Å²) in [6, 6.07) is 0. The minimum Gasteiger partial charge on any atom is -0.325 e. The van der Waals surface area contributed by atoms with E-state index >= 15 is 0 Å². The molecule has 0 aliphatic heterocycles. The van der Waals surface area contributed by atoms with Crippen molar-refractivity contribution in [3.63, 3.8) is 0 Å². The largest absolute Gasteiger partial charge is 0.325 e. The molecule has 108 valence electrons. The summed E-state index contributed by atoms with van der Waals surface area (Å²) in [5.41, 5.74) is 6.79. The summed E-state index contributed by atoms with van der Waals surface area (Å²) in [7, 11) is 0. The van der Waals surface area contributed by atoms with Crippen molar-refractivity contribution in [3.05, 3.63) is 0 Å². The molecule has 4 unspecified atom stereocenters. The normalized spacial score (nSPS) is 31.5. The molecule has 0 spiro atoms. The zero-order valence-electron chi connectivity index (χ0n) is 13.2.